The summed E-state index contributed by atoms with van der Waals surface area (Å²) in [7, 11) is 0. The van der Waals surface area contributed by atoms with Crippen LogP contribution in [0.15, 0.2) is 24.8 Å². The molecule has 0 aliphatic heterocycles. The number of rotatable bonds is 7. The molecule has 1 aromatic rings. The maximum absolute atomic E-state index is 5.81. The van der Waals surface area contributed by atoms with Crippen LogP contribution < -0.4 is 10.5 Å². The number of unbranched alkanes of at least 4 members (excludes halogenated alkanes) is 1. The van der Waals surface area contributed by atoms with E-state index in [0.717, 1.165) is 36.4 Å². The molecule has 0 saturated heterocycles. The highest BCUT2D eigenvalue weighted by Gasteiger charge is 2.08. The lowest BCUT2D eigenvalue weighted by Gasteiger charge is -2.12. The molecule has 17 heavy (non-hydrogen) atoms. The second-order valence-electron chi connectivity index (χ2n) is 4.36. The number of nitrogens with two attached hydrogens (primary N) is 1. The van der Waals surface area contributed by atoms with Crippen molar-refractivity contribution < 1.29 is 4.74 Å². The Kier molecular flexibility index (Phi) is 5.70. The quantitative estimate of drug-likeness (QED) is 0.583. The normalized spacial score (nSPS) is 12.2. The lowest BCUT2D eigenvalue weighted by Crippen LogP contribution is -2.19. The Bertz CT molecular complexity index is 361. The molecular formula is C14H22N2O. The number of hydrogen-bond donors (Lipinski definition) is 1. The fourth-order valence-corrected chi connectivity index (χ4v) is 1.59. The van der Waals surface area contributed by atoms with E-state index < -0.39 is 0 Å². The van der Waals surface area contributed by atoms with Crippen molar-refractivity contribution in [1.29, 1.82) is 0 Å². The summed E-state index contributed by atoms with van der Waals surface area (Å²) in [6.07, 6.45) is 4.61. The largest absolute Gasteiger partial charge is 0.492 e. The molecule has 0 bridgehead atoms. The molecule has 2 N–H and O–H groups in total. The molecule has 0 radical (unpaired) electrons. The van der Waals surface area contributed by atoms with E-state index in [1.54, 1.807) is 0 Å². The molecule has 1 heterocycles. The zero-order chi connectivity index (χ0) is 12.7. The van der Waals surface area contributed by atoms with Crippen LogP contribution in [0.3, 0.4) is 0 Å². The van der Waals surface area contributed by atoms with Gasteiger partial charge in [0.15, 0.2) is 0 Å². The topological polar surface area (TPSA) is 48.1 Å². The fourth-order valence-electron chi connectivity index (χ4n) is 1.59. The van der Waals surface area contributed by atoms with Gasteiger partial charge in [0.2, 0.25) is 0 Å². The number of allylic oxidation sites excluding steroid dienone is 1. The Hall–Kier alpha value is -1.35. The van der Waals surface area contributed by atoms with Gasteiger partial charge in [-0.15, -0.1) is 6.58 Å². The van der Waals surface area contributed by atoms with E-state index in [1.165, 1.54) is 0 Å². The molecule has 1 atom stereocenters. The van der Waals surface area contributed by atoms with E-state index in [2.05, 4.69) is 11.6 Å². The van der Waals surface area contributed by atoms with E-state index in [1.807, 2.05) is 32.1 Å². The first-order valence-corrected chi connectivity index (χ1v) is 6.09. The highest BCUT2D eigenvalue weighted by molar-refractivity contribution is 5.29. The predicted molar refractivity (Wildman–Crippen MR) is 71.3 cm³/mol. The van der Waals surface area contributed by atoms with E-state index in [4.69, 9.17) is 10.5 Å². The van der Waals surface area contributed by atoms with Gasteiger partial charge in [0.1, 0.15) is 5.75 Å². The molecule has 0 fully saturated rings. The first-order chi connectivity index (χ1) is 8.13. The lowest BCUT2D eigenvalue weighted by molar-refractivity contribution is 0.306. The Labute approximate surface area is 104 Å². The van der Waals surface area contributed by atoms with Gasteiger partial charge in [-0.05, 0) is 38.8 Å². The third kappa shape index (κ3) is 5.00. The van der Waals surface area contributed by atoms with Gasteiger partial charge < -0.3 is 10.5 Å². The van der Waals surface area contributed by atoms with Crippen LogP contribution in [0.4, 0.5) is 0 Å². The van der Waals surface area contributed by atoms with Gasteiger partial charge in [-0.1, -0.05) is 6.08 Å². The van der Waals surface area contributed by atoms with Crippen molar-refractivity contribution >= 4 is 0 Å². The minimum atomic E-state index is 0.0971. The monoisotopic (exact) mass is 234 g/mol. The van der Waals surface area contributed by atoms with Crippen LogP contribution in [0.1, 0.15) is 31.2 Å². The number of aromatic nitrogens is 1. The first kappa shape index (κ1) is 13.7. The third-order valence-electron chi connectivity index (χ3n) is 2.40. The summed E-state index contributed by atoms with van der Waals surface area (Å²) >= 11 is 0. The Balaban J connectivity index is 2.65. The molecule has 1 rings (SSSR count). The predicted octanol–water partition coefficient (Wildman–Crippen LogP) is 2.62. The van der Waals surface area contributed by atoms with Crippen molar-refractivity contribution in [3.63, 3.8) is 0 Å². The van der Waals surface area contributed by atoms with Crippen molar-refractivity contribution in [2.45, 2.75) is 39.2 Å². The van der Waals surface area contributed by atoms with Gasteiger partial charge >= 0.3 is 0 Å². The molecule has 94 valence electrons. The number of hydrogen-bond acceptors (Lipinski definition) is 3. The highest BCUT2D eigenvalue weighted by Crippen LogP contribution is 2.18. The highest BCUT2D eigenvalue weighted by atomic mass is 16.5. The number of ether oxygens (including phenoxy) is 1. The van der Waals surface area contributed by atoms with Crippen LogP contribution in [-0.2, 0) is 6.42 Å². The number of aryl methyl sites for hydroxylation is 1. The van der Waals surface area contributed by atoms with E-state index in [0.29, 0.717) is 6.61 Å². The molecule has 1 aromatic heterocycles. The molecule has 0 amide bonds. The van der Waals surface area contributed by atoms with Crippen molar-refractivity contribution in [2.24, 2.45) is 5.73 Å². The van der Waals surface area contributed by atoms with Gasteiger partial charge in [0.25, 0.3) is 0 Å². The summed E-state index contributed by atoms with van der Waals surface area (Å²) in [5, 5.41) is 0. The average molecular weight is 234 g/mol. The smallest absolute Gasteiger partial charge is 0.140 e. The van der Waals surface area contributed by atoms with Crippen LogP contribution >= 0.6 is 0 Å². The summed E-state index contributed by atoms with van der Waals surface area (Å²) in [6.45, 7) is 8.34. The molecule has 0 aliphatic rings. The Morgan fingerprint density at radius 3 is 2.94 bits per heavy atom. The first-order valence-electron chi connectivity index (χ1n) is 6.09. The van der Waals surface area contributed by atoms with Crippen LogP contribution in [0.25, 0.3) is 0 Å². The standard InChI is InChI=1S/C14H22N2O/c1-4-5-6-9-17-14-8-7-12(3)16-13(14)10-11(2)15/h4,7-8,11H,1,5-6,9-10,15H2,2-3H3. The van der Waals surface area contributed by atoms with Gasteiger partial charge in [-0.2, -0.15) is 0 Å². The van der Waals surface area contributed by atoms with Gasteiger partial charge in [0, 0.05) is 18.2 Å². The van der Waals surface area contributed by atoms with Crippen molar-refractivity contribution in [3.8, 4) is 5.75 Å². The summed E-state index contributed by atoms with van der Waals surface area (Å²) in [5.74, 6) is 0.858. The van der Waals surface area contributed by atoms with Crippen molar-refractivity contribution in [2.75, 3.05) is 6.61 Å². The van der Waals surface area contributed by atoms with E-state index in [9.17, 15) is 0 Å². The molecule has 0 spiro atoms. The summed E-state index contributed by atoms with van der Waals surface area (Å²) < 4.78 is 5.73. The van der Waals surface area contributed by atoms with Crippen LogP contribution in [-0.4, -0.2) is 17.6 Å². The summed E-state index contributed by atoms with van der Waals surface area (Å²) in [5.41, 5.74) is 7.77. The number of pyridine rings is 1. The second-order valence-corrected chi connectivity index (χ2v) is 4.36. The number of nitrogens with zero attached hydrogens (tertiary/aromatic N) is 1. The van der Waals surface area contributed by atoms with Gasteiger partial charge in [0.05, 0.1) is 12.3 Å². The van der Waals surface area contributed by atoms with Crippen LogP contribution in [0.5, 0.6) is 5.75 Å². The zero-order valence-electron chi connectivity index (χ0n) is 10.8. The SMILES string of the molecule is C=CCCCOc1ccc(C)nc1CC(C)N. The molecule has 3 nitrogen and oxygen atoms in total. The average Bonchev–Trinajstić information content (AvgIpc) is 2.26. The minimum Gasteiger partial charge on any atom is -0.492 e. The van der Waals surface area contributed by atoms with Crippen molar-refractivity contribution in [3.05, 3.63) is 36.2 Å². The molecule has 1 unspecified atom stereocenters. The fraction of sp³-hybridized carbons (Fsp3) is 0.500. The molecule has 3 heteroatoms. The molecule has 0 aliphatic carbocycles. The second kappa shape index (κ2) is 7.07. The van der Waals surface area contributed by atoms with E-state index in [-0.39, 0.29) is 6.04 Å². The van der Waals surface area contributed by atoms with Gasteiger partial charge in [-0.25, -0.2) is 0 Å². The van der Waals surface area contributed by atoms with Crippen LogP contribution in [0, 0.1) is 6.92 Å². The zero-order valence-corrected chi connectivity index (χ0v) is 10.8. The maximum atomic E-state index is 5.81. The Morgan fingerprint density at radius 2 is 2.29 bits per heavy atom. The lowest BCUT2D eigenvalue weighted by atomic mass is 10.1. The molecule has 0 saturated carbocycles. The van der Waals surface area contributed by atoms with E-state index >= 15 is 0 Å². The maximum Gasteiger partial charge on any atom is 0.140 e. The van der Waals surface area contributed by atoms with Gasteiger partial charge in [-0.3, -0.25) is 4.98 Å². The minimum absolute atomic E-state index is 0.0971. The van der Waals surface area contributed by atoms with Crippen LogP contribution in [0.2, 0.25) is 0 Å². The molecule has 0 aromatic carbocycles. The van der Waals surface area contributed by atoms with Crippen molar-refractivity contribution in [1.82, 2.24) is 4.98 Å². The Morgan fingerprint density at radius 1 is 1.53 bits per heavy atom. The molecular weight excluding hydrogens is 212 g/mol. The third-order valence-corrected chi connectivity index (χ3v) is 2.40. The summed E-state index contributed by atoms with van der Waals surface area (Å²) in [6, 6.07) is 4.04. The summed E-state index contributed by atoms with van der Waals surface area (Å²) in [4.78, 5) is 4.49.